The molecule has 116 valence electrons. The minimum atomic E-state index is -1.10. The Morgan fingerprint density at radius 2 is 2.00 bits per heavy atom. The largest absolute Gasteiger partial charge is 0.475 e. The van der Waals surface area contributed by atoms with E-state index in [1.54, 1.807) is 0 Å². The lowest BCUT2D eigenvalue weighted by Gasteiger charge is -2.32. The molecular formula is C16H19N3O3. The standard InChI is InChI=1S/C16H19N3O3/c1-18-6-8-19(9-7-18)11-12-4-2-3-5-13(12)14-10-15(16(20)21)22-17-14/h2-5,10H,6-9,11H2,1H3,(H,20,21). The minimum Gasteiger partial charge on any atom is -0.475 e. The lowest BCUT2D eigenvalue weighted by Crippen LogP contribution is -2.43. The summed E-state index contributed by atoms with van der Waals surface area (Å²) in [4.78, 5) is 15.6. The van der Waals surface area contributed by atoms with Crippen LogP contribution in [0, 0.1) is 0 Å². The fourth-order valence-electron chi connectivity index (χ4n) is 2.66. The third-order valence-corrected chi connectivity index (χ3v) is 4.00. The summed E-state index contributed by atoms with van der Waals surface area (Å²) in [6.45, 7) is 5.03. The van der Waals surface area contributed by atoms with Crippen molar-refractivity contribution in [3.63, 3.8) is 0 Å². The maximum absolute atomic E-state index is 10.9. The maximum atomic E-state index is 10.9. The van der Waals surface area contributed by atoms with Crippen LogP contribution in [0.4, 0.5) is 0 Å². The molecule has 0 aliphatic carbocycles. The topological polar surface area (TPSA) is 69.8 Å². The molecule has 6 nitrogen and oxygen atoms in total. The first kappa shape index (κ1) is 14.7. The summed E-state index contributed by atoms with van der Waals surface area (Å²) in [6.07, 6.45) is 0. The zero-order chi connectivity index (χ0) is 15.5. The zero-order valence-corrected chi connectivity index (χ0v) is 12.5. The number of carboxylic acid groups (broad SMARTS) is 1. The number of rotatable bonds is 4. The molecule has 22 heavy (non-hydrogen) atoms. The van der Waals surface area contributed by atoms with Crippen LogP contribution in [0.3, 0.4) is 0 Å². The van der Waals surface area contributed by atoms with Crippen LogP contribution in [0.5, 0.6) is 0 Å². The van der Waals surface area contributed by atoms with Crippen molar-refractivity contribution in [3.05, 3.63) is 41.7 Å². The van der Waals surface area contributed by atoms with Gasteiger partial charge in [-0.05, 0) is 12.6 Å². The van der Waals surface area contributed by atoms with Gasteiger partial charge in [0.05, 0.1) is 0 Å². The Labute approximate surface area is 128 Å². The van der Waals surface area contributed by atoms with E-state index in [1.807, 2.05) is 18.2 Å². The second-order valence-corrected chi connectivity index (χ2v) is 5.62. The number of nitrogens with zero attached hydrogens (tertiary/aromatic N) is 3. The lowest BCUT2D eigenvalue weighted by molar-refractivity contribution is 0.0652. The Morgan fingerprint density at radius 3 is 2.68 bits per heavy atom. The van der Waals surface area contributed by atoms with Crippen molar-refractivity contribution in [2.45, 2.75) is 6.54 Å². The Morgan fingerprint density at radius 1 is 1.27 bits per heavy atom. The predicted molar refractivity (Wildman–Crippen MR) is 81.7 cm³/mol. The van der Waals surface area contributed by atoms with Gasteiger partial charge in [0.1, 0.15) is 5.69 Å². The number of carbonyl (C=O) groups is 1. The predicted octanol–water partition coefficient (Wildman–Crippen LogP) is 1.79. The Balaban J connectivity index is 1.81. The molecule has 2 aromatic rings. The van der Waals surface area contributed by atoms with Crippen LogP contribution in [0.2, 0.25) is 0 Å². The number of carboxylic acids is 1. The summed E-state index contributed by atoms with van der Waals surface area (Å²) >= 11 is 0. The Kier molecular flexibility index (Phi) is 4.22. The highest BCUT2D eigenvalue weighted by atomic mass is 16.5. The average molecular weight is 301 g/mol. The molecule has 0 atom stereocenters. The van der Waals surface area contributed by atoms with Crippen LogP contribution in [-0.4, -0.2) is 59.3 Å². The van der Waals surface area contributed by atoms with Crippen molar-refractivity contribution >= 4 is 5.97 Å². The number of aromatic nitrogens is 1. The molecular weight excluding hydrogens is 282 g/mol. The van der Waals surface area contributed by atoms with Gasteiger partial charge in [0.25, 0.3) is 0 Å². The molecule has 6 heteroatoms. The van der Waals surface area contributed by atoms with Crippen molar-refractivity contribution in [1.82, 2.24) is 15.0 Å². The van der Waals surface area contributed by atoms with Gasteiger partial charge in [-0.25, -0.2) is 4.79 Å². The third kappa shape index (κ3) is 3.18. The van der Waals surface area contributed by atoms with E-state index in [2.05, 4.69) is 28.1 Å². The van der Waals surface area contributed by atoms with Crippen LogP contribution in [0.1, 0.15) is 16.1 Å². The molecule has 2 heterocycles. The second-order valence-electron chi connectivity index (χ2n) is 5.62. The highest BCUT2D eigenvalue weighted by Crippen LogP contribution is 2.25. The molecule has 0 amide bonds. The fraction of sp³-hybridized carbons (Fsp3) is 0.375. The highest BCUT2D eigenvalue weighted by molar-refractivity contribution is 5.85. The number of hydrogen-bond acceptors (Lipinski definition) is 5. The molecule has 0 unspecified atom stereocenters. The summed E-state index contributed by atoms with van der Waals surface area (Å²) in [5, 5.41) is 12.8. The monoisotopic (exact) mass is 301 g/mol. The van der Waals surface area contributed by atoms with Crippen LogP contribution in [0.15, 0.2) is 34.9 Å². The molecule has 1 aromatic heterocycles. The van der Waals surface area contributed by atoms with Crippen LogP contribution >= 0.6 is 0 Å². The lowest BCUT2D eigenvalue weighted by atomic mass is 10.0. The first-order valence-electron chi connectivity index (χ1n) is 7.32. The SMILES string of the molecule is CN1CCN(Cc2ccccc2-c2cc(C(=O)O)on2)CC1. The van der Waals surface area contributed by atoms with Gasteiger partial charge in [-0.1, -0.05) is 29.4 Å². The van der Waals surface area contributed by atoms with Crippen molar-refractivity contribution < 1.29 is 14.4 Å². The van der Waals surface area contributed by atoms with E-state index in [9.17, 15) is 4.79 Å². The van der Waals surface area contributed by atoms with Crippen molar-refractivity contribution in [2.75, 3.05) is 33.2 Å². The number of likely N-dealkylation sites (N-methyl/N-ethyl adjacent to an activating group) is 1. The summed E-state index contributed by atoms with van der Waals surface area (Å²) in [5.74, 6) is -1.24. The maximum Gasteiger partial charge on any atom is 0.374 e. The van der Waals surface area contributed by atoms with Gasteiger partial charge in [0, 0.05) is 44.4 Å². The van der Waals surface area contributed by atoms with E-state index in [-0.39, 0.29) is 5.76 Å². The molecule has 1 N–H and O–H groups in total. The summed E-state index contributed by atoms with van der Waals surface area (Å²) in [6, 6.07) is 9.41. The smallest absolute Gasteiger partial charge is 0.374 e. The molecule has 1 aromatic carbocycles. The van der Waals surface area contributed by atoms with Gasteiger partial charge >= 0.3 is 5.97 Å². The summed E-state index contributed by atoms with van der Waals surface area (Å²) < 4.78 is 4.87. The fourth-order valence-corrected chi connectivity index (χ4v) is 2.66. The molecule has 0 bridgehead atoms. The highest BCUT2D eigenvalue weighted by Gasteiger charge is 2.18. The number of aromatic carboxylic acids is 1. The first-order chi connectivity index (χ1) is 10.6. The average Bonchev–Trinajstić information content (AvgIpc) is 3.00. The number of piperazine rings is 1. The second kappa shape index (κ2) is 6.29. The quantitative estimate of drug-likeness (QED) is 0.928. The Hall–Kier alpha value is -2.18. The number of hydrogen-bond donors (Lipinski definition) is 1. The van der Waals surface area contributed by atoms with E-state index in [4.69, 9.17) is 9.63 Å². The van der Waals surface area contributed by atoms with Gasteiger partial charge in [-0.2, -0.15) is 0 Å². The first-order valence-corrected chi connectivity index (χ1v) is 7.32. The van der Waals surface area contributed by atoms with Crippen molar-refractivity contribution in [2.24, 2.45) is 0 Å². The van der Waals surface area contributed by atoms with Crippen molar-refractivity contribution in [1.29, 1.82) is 0 Å². The van der Waals surface area contributed by atoms with E-state index >= 15 is 0 Å². The van der Waals surface area contributed by atoms with Crippen molar-refractivity contribution in [3.8, 4) is 11.3 Å². The molecule has 0 saturated carbocycles. The van der Waals surface area contributed by atoms with Crippen LogP contribution < -0.4 is 0 Å². The molecule has 0 spiro atoms. The van der Waals surface area contributed by atoms with E-state index in [0.717, 1.165) is 43.9 Å². The minimum absolute atomic E-state index is 0.135. The summed E-state index contributed by atoms with van der Waals surface area (Å²) in [7, 11) is 2.13. The van der Waals surface area contributed by atoms with Gasteiger partial charge in [0.2, 0.25) is 5.76 Å². The van der Waals surface area contributed by atoms with Gasteiger partial charge in [-0.15, -0.1) is 0 Å². The van der Waals surface area contributed by atoms with Crippen LogP contribution in [-0.2, 0) is 6.54 Å². The third-order valence-electron chi connectivity index (χ3n) is 4.00. The molecule has 1 saturated heterocycles. The van der Waals surface area contributed by atoms with Gasteiger partial charge < -0.3 is 14.5 Å². The molecule has 1 fully saturated rings. The van der Waals surface area contributed by atoms with E-state index in [1.165, 1.54) is 6.07 Å². The van der Waals surface area contributed by atoms with Gasteiger partial charge in [-0.3, -0.25) is 4.90 Å². The molecule has 3 rings (SSSR count). The van der Waals surface area contributed by atoms with Gasteiger partial charge in [0.15, 0.2) is 0 Å². The molecule has 1 aliphatic heterocycles. The molecule has 1 aliphatic rings. The zero-order valence-electron chi connectivity index (χ0n) is 12.5. The van der Waals surface area contributed by atoms with E-state index < -0.39 is 5.97 Å². The molecule has 0 radical (unpaired) electrons. The summed E-state index contributed by atoms with van der Waals surface area (Å²) in [5.41, 5.74) is 2.64. The normalized spacial score (nSPS) is 16.8. The van der Waals surface area contributed by atoms with Crippen LogP contribution in [0.25, 0.3) is 11.3 Å². The number of benzene rings is 1. The van der Waals surface area contributed by atoms with E-state index in [0.29, 0.717) is 5.69 Å². The Bertz CT molecular complexity index is 660.